The van der Waals surface area contributed by atoms with E-state index in [1.165, 1.54) is 33.3 Å². The molecule has 0 atom stereocenters. The van der Waals surface area contributed by atoms with Gasteiger partial charge in [0.2, 0.25) is 10.0 Å². The zero-order valence-electron chi connectivity index (χ0n) is 16.8. The van der Waals surface area contributed by atoms with Gasteiger partial charge in [0.25, 0.3) is 5.91 Å². The van der Waals surface area contributed by atoms with Gasteiger partial charge in [0, 0.05) is 19.8 Å². The number of rotatable bonds is 7. The SMILES string of the molecule is COc1ccc(NC(=O)NC(=O)COC(=O)c2ccc(Cl)c(S(=O)(=O)N(C)C)c2)cc1. The number of urea groups is 1. The number of anilines is 1. The van der Waals surface area contributed by atoms with Crippen molar-refractivity contribution in [3.63, 3.8) is 0 Å². The molecule has 0 aromatic heterocycles. The van der Waals surface area contributed by atoms with Crippen LogP contribution in [-0.4, -0.2) is 58.4 Å². The average molecular weight is 470 g/mol. The minimum Gasteiger partial charge on any atom is -0.497 e. The van der Waals surface area contributed by atoms with Crippen LogP contribution < -0.4 is 15.4 Å². The van der Waals surface area contributed by atoms with E-state index in [2.05, 4.69) is 5.32 Å². The van der Waals surface area contributed by atoms with E-state index in [9.17, 15) is 22.8 Å². The molecule has 2 aromatic carbocycles. The average Bonchev–Trinajstić information content (AvgIpc) is 2.72. The Labute approximate surface area is 184 Å². The van der Waals surface area contributed by atoms with Crippen molar-refractivity contribution in [1.29, 1.82) is 0 Å². The highest BCUT2D eigenvalue weighted by Crippen LogP contribution is 2.25. The van der Waals surface area contributed by atoms with Crippen LogP contribution in [0.5, 0.6) is 5.75 Å². The minimum absolute atomic E-state index is 0.0711. The first kappa shape index (κ1) is 24.1. The Morgan fingerprint density at radius 2 is 1.71 bits per heavy atom. The maximum Gasteiger partial charge on any atom is 0.338 e. The molecule has 0 heterocycles. The van der Waals surface area contributed by atoms with Crippen LogP contribution in [0.2, 0.25) is 5.02 Å². The van der Waals surface area contributed by atoms with Crippen LogP contribution in [0.4, 0.5) is 10.5 Å². The van der Waals surface area contributed by atoms with Gasteiger partial charge in [0.1, 0.15) is 10.6 Å². The lowest BCUT2D eigenvalue weighted by Crippen LogP contribution is -2.37. The van der Waals surface area contributed by atoms with E-state index in [4.69, 9.17) is 21.1 Å². The molecule has 0 unspecified atom stereocenters. The molecular formula is C19H20ClN3O7S. The predicted octanol–water partition coefficient (Wildman–Crippen LogP) is 2.10. The number of sulfonamides is 1. The summed E-state index contributed by atoms with van der Waals surface area (Å²) < 4.78 is 35.3. The first-order valence-corrected chi connectivity index (χ1v) is 10.5. The molecule has 10 nitrogen and oxygen atoms in total. The first-order valence-electron chi connectivity index (χ1n) is 8.68. The molecule has 0 saturated heterocycles. The van der Waals surface area contributed by atoms with Crippen molar-refractivity contribution < 1.29 is 32.3 Å². The number of benzene rings is 2. The Morgan fingerprint density at radius 3 is 2.29 bits per heavy atom. The van der Waals surface area contributed by atoms with Crippen molar-refractivity contribution in [2.45, 2.75) is 4.90 Å². The summed E-state index contributed by atoms with van der Waals surface area (Å²) >= 11 is 5.92. The third-order valence-electron chi connectivity index (χ3n) is 3.86. The molecule has 0 aliphatic carbocycles. The highest BCUT2D eigenvalue weighted by atomic mass is 35.5. The van der Waals surface area contributed by atoms with E-state index in [0.717, 1.165) is 10.4 Å². The number of methoxy groups -OCH3 is 1. The number of nitrogens with one attached hydrogen (secondary N) is 2. The second-order valence-corrected chi connectivity index (χ2v) is 8.77. The smallest absolute Gasteiger partial charge is 0.338 e. The molecular weight excluding hydrogens is 450 g/mol. The van der Waals surface area contributed by atoms with Gasteiger partial charge in [0.15, 0.2) is 6.61 Å². The van der Waals surface area contributed by atoms with E-state index >= 15 is 0 Å². The van der Waals surface area contributed by atoms with Gasteiger partial charge in [-0.3, -0.25) is 10.1 Å². The van der Waals surface area contributed by atoms with Gasteiger partial charge < -0.3 is 14.8 Å². The summed E-state index contributed by atoms with van der Waals surface area (Å²) in [6, 6.07) is 9.11. The van der Waals surface area contributed by atoms with E-state index in [1.54, 1.807) is 24.3 Å². The number of imide groups is 1. The number of ether oxygens (including phenoxy) is 2. The summed E-state index contributed by atoms with van der Waals surface area (Å²) in [6.45, 7) is -0.757. The van der Waals surface area contributed by atoms with Gasteiger partial charge in [-0.25, -0.2) is 22.3 Å². The lowest BCUT2D eigenvalue weighted by Gasteiger charge is -2.13. The quantitative estimate of drug-likeness (QED) is 0.593. The zero-order valence-corrected chi connectivity index (χ0v) is 18.4. The van der Waals surface area contributed by atoms with Crippen molar-refractivity contribution >= 4 is 45.2 Å². The largest absolute Gasteiger partial charge is 0.497 e. The molecule has 166 valence electrons. The Bertz CT molecular complexity index is 1090. The Balaban J connectivity index is 1.94. The minimum atomic E-state index is -3.89. The summed E-state index contributed by atoms with van der Waals surface area (Å²) in [5.41, 5.74) is 0.291. The molecule has 0 bridgehead atoms. The molecule has 0 aliphatic heterocycles. The number of carbonyl (C=O) groups is 3. The molecule has 3 amide bonds. The maximum atomic E-state index is 12.3. The number of carbonyl (C=O) groups excluding carboxylic acids is 3. The number of esters is 1. The summed E-state index contributed by atoms with van der Waals surface area (Å²) in [7, 11) is 0.245. The van der Waals surface area contributed by atoms with Gasteiger partial charge in [-0.15, -0.1) is 0 Å². The Hall–Kier alpha value is -3.15. The highest BCUT2D eigenvalue weighted by Gasteiger charge is 2.23. The van der Waals surface area contributed by atoms with E-state index in [0.29, 0.717) is 11.4 Å². The van der Waals surface area contributed by atoms with Gasteiger partial charge in [-0.2, -0.15) is 0 Å². The van der Waals surface area contributed by atoms with Crippen molar-refractivity contribution in [2.75, 3.05) is 33.1 Å². The summed E-state index contributed by atoms with van der Waals surface area (Å²) in [6.07, 6.45) is 0. The van der Waals surface area contributed by atoms with Gasteiger partial charge in [0.05, 0.1) is 17.7 Å². The topological polar surface area (TPSA) is 131 Å². The Kier molecular flexibility index (Phi) is 7.97. The lowest BCUT2D eigenvalue weighted by molar-refractivity contribution is -0.123. The predicted molar refractivity (Wildman–Crippen MR) is 113 cm³/mol. The van der Waals surface area contributed by atoms with Crippen LogP contribution in [-0.2, 0) is 19.6 Å². The monoisotopic (exact) mass is 469 g/mol. The Morgan fingerprint density at radius 1 is 1.06 bits per heavy atom. The zero-order chi connectivity index (χ0) is 23.2. The standard InChI is InChI=1S/C19H20ClN3O7S/c1-23(2)31(27,28)16-10-12(4-9-15(16)20)18(25)30-11-17(24)22-19(26)21-13-5-7-14(29-3)8-6-13/h4-10H,11H2,1-3H3,(H2,21,22,24,26). The second-order valence-electron chi connectivity index (χ2n) is 6.24. The van der Waals surface area contributed by atoms with E-state index in [-0.39, 0.29) is 15.5 Å². The molecule has 0 fully saturated rings. The molecule has 12 heteroatoms. The number of hydrogen-bond acceptors (Lipinski definition) is 7. The fourth-order valence-corrected chi connectivity index (χ4v) is 3.63. The van der Waals surface area contributed by atoms with Crippen molar-refractivity contribution in [1.82, 2.24) is 9.62 Å². The molecule has 0 saturated carbocycles. The fraction of sp³-hybridized carbons (Fsp3) is 0.211. The number of nitrogens with zero attached hydrogens (tertiary/aromatic N) is 1. The number of hydrogen-bond donors (Lipinski definition) is 2. The molecule has 2 rings (SSSR count). The van der Waals surface area contributed by atoms with Crippen molar-refractivity contribution in [2.24, 2.45) is 0 Å². The third-order valence-corrected chi connectivity index (χ3v) is 6.16. The normalized spacial score (nSPS) is 11.0. The lowest BCUT2D eigenvalue weighted by atomic mass is 10.2. The first-order chi connectivity index (χ1) is 14.5. The van der Waals surface area contributed by atoms with Crippen molar-refractivity contribution in [3.8, 4) is 5.75 Å². The highest BCUT2D eigenvalue weighted by molar-refractivity contribution is 7.89. The van der Waals surface area contributed by atoms with Gasteiger partial charge in [-0.05, 0) is 42.5 Å². The summed E-state index contributed by atoms with van der Waals surface area (Å²) in [5, 5.41) is 4.36. The maximum absolute atomic E-state index is 12.3. The second kappa shape index (κ2) is 10.2. The van der Waals surface area contributed by atoms with Crippen LogP contribution in [0.25, 0.3) is 0 Å². The molecule has 0 aliphatic rings. The van der Waals surface area contributed by atoms with Gasteiger partial charge in [-0.1, -0.05) is 11.6 Å². The van der Waals surface area contributed by atoms with Crippen LogP contribution in [0.15, 0.2) is 47.4 Å². The van der Waals surface area contributed by atoms with Gasteiger partial charge >= 0.3 is 12.0 Å². The van der Waals surface area contributed by atoms with Crippen molar-refractivity contribution in [3.05, 3.63) is 53.1 Å². The summed E-state index contributed by atoms with van der Waals surface area (Å²) in [4.78, 5) is 35.6. The van der Waals surface area contributed by atoms with E-state index in [1.807, 2.05) is 5.32 Å². The fourth-order valence-electron chi connectivity index (χ4n) is 2.24. The van der Waals surface area contributed by atoms with Crippen LogP contribution in [0, 0.1) is 0 Å². The number of halogens is 1. The molecule has 0 spiro atoms. The summed E-state index contributed by atoms with van der Waals surface area (Å²) in [5.74, 6) is -1.25. The molecule has 31 heavy (non-hydrogen) atoms. The van der Waals surface area contributed by atoms with E-state index < -0.39 is 34.5 Å². The van der Waals surface area contributed by atoms with Crippen LogP contribution >= 0.6 is 11.6 Å². The van der Waals surface area contributed by atoms with Crippen LogP contribution in [0.3, 0.4) is 0 Å². The number of amides is 3. The van der Waals surface area contributed by atoms with Crippen LogP contribution in [0.1, 0.15) is 10.4 Å². The molecule has 2 aromatic rings. The third kappa shape index (κ3) is 6.41. The molecule has 0 radical (unpaired) electrons. The molecule has 2 N–H and O–H groups in total.